The zero-order valence-electron chi connectivity index (χ0n) is 8.61. The molecule has 0 aromatic rings. The standard InChI is InChI=1S/C9H18O6/c1-2-3-14-8-7(12)6(11)5(4-10)15-9(8)13/h5-13H,2-4H2,1H3/t5-,6-,7+,8-,9-/m1/s1. The summed E-state index contributed by atoms with van der Waals surface area (Å²) in [5.41, 5.74) is 0. The summed E-state index contributed by atoms with van der Waals surface area (Å²) in [5.74, 6) is 0. The summed E-state index contributed by atoms with van der Waals surface area (Å²) in [6.45, 7) is 1.78. The van der Waals surface area contributed by atoms with Crippen molar-refractivity contribution in [3.63, 3.8) is 0 Å². The van der Waals surface area contributed by atoms with Gasteiger partial charge in [-0.1, -0.05) is 6.92 Å². The normalized spacial score (nSPS) is 41.8. The molecule has 6 nitrogen and oxygen atoms in total. The van der Waals surface area contributed by atoms with Crippen LogP contribution in [0, 0.1) is 0 Å². The molecular formula is C9H18O6. The lowest BCUT2D eigenvalue weighted by molar-refractivity contribution is -0.296. The van der Waals surface area contributed by atoms with Gasteiger partial charge in [0, 0.05) is 6.61 Å². The smallest absolute Gasteiger partial charge is 0.184 e. The minimum absolute atomic E-state index is 0.360. The topological polar surface area (TPSA) is 99.4 Å². The number of aliphatic hydroxyl groups is 4. The van der Waals surface area contributed by atoms with E-state index in [9.17, 15) is 15.3 Å². The van der Waals surface area contributed by atoms with Crippen LogP contribution in [0.3, 0.4) is 0 Å². The summed E-state index contributed by atoms with van der Waals surface area (Å²) < 4.78 is 10.1. The zero-order valence-corrected chi connectivity index (χ0v) is 8.61. The number of ether oxygens (including phenoxy) is 2. The van der Waals surface area contributed by atoms with Gasteiger partial charge in [0.15, 0.2) is 6.29 Å². The molecule has 0 spiro atoms. The fraction of sp³-hybridized carbons (Fsp3) is 1.00. The highest BCUT2D eigenvalue weighted by Crippen LogP contribution is 2.22. The summed E-state index contributed by atoms with van der Waals surface area (Å²) in [7, 11) is 0. The van der Waals surface area contributed by atoms with Gasteiger partial charge in [-0.05, 0) is 6.42 Å². The van der Waals surface area contributed by atoms with E-state index in [1.807, 2.05) is 6.92 Å². The Bertz CT molecular complexity index is 187. The third kappa shape index (κ3) is 2.87. The van der Waals surface area contributed by atoms with Crippen molar-refractivity contribution in [1.29, 1.82) is 0 Å². The molecule has 1 aliphatic rings. The van der Waals surface area contributed by atoms with E-state index in [2.05, 4.69) is 0 Å². The van der Waals surface area contributed by atoms with Crippen LogP contribution in [0.5, 0.6) is 0 Å². The molecule has 1 aliphatic heterocycles. The number of hydrogen-bond donors (Lipinski definition) is 4. The molecule has 1 rings (SSSR count). The summed E-state index contributed by atoms with van der Waals surface area (Å²) in [6, 6.07) is 0. The van der Waals surface area contributed by atoms with Gasteiger partial charge in [-0.3, -0.25) is 0 Å². The first-order valence-electron chi connectivity index (χ1n) is 5.04. The van der Waals surface area contributed by atoms with E-state index >= 15 is 0 Å². The lowest BCUT2D eigenvalue weighted by atomic mass is 9.99. The van der Waals surface area contributed by atoms with E-state index in [0.29, 0.717) is 6.61 Å². The van der Waals surface area contributed by atoms with Crippen molar-refractivity contribution in [3.8, 4) is 0 Å². The average molecular weight is 222 g/mol. The molecule has 0 bridgehead atoms. The quantitative estimate of drug-likeness (QED) is 0.448. The van der Waals surface area contributed by atoms with Crippen LogP contribution in [0.2, 0.25) is 0 Å². The molecule has 0 amide bonds. The van der Waals surface area contributed by atoms with E-state index in [4.69, 9.17) is 14.6 Å². The van der Waals surface area contributed by atoms with Crippen LogP contribution in [0.1, 0.15) is 13.3 Å². The molecule has 5 atom stereocenters. The molecule has 1 saturated heterocycles. The van der Waals surface area contributed by atoms with Gasteiger partial charge in [0.25, 0.3) is 0 Å². The van der Waals surface area contributed by atoms with Gasteiger partial charge in [-0.25, -0.2) is 0 Å². The van der Waals surface area contributed by atoms with Crippen molar-refractivity contribution in [2.45, 2.75) is 44.1 Å². The van der Waals surface area contributed by atoms with Crippen LogP contribution in [-0.2, 0) is 9.47 Å². The highest BCUT2D eigenvalue weighted by Gasteiger charge is 2.44. The maximum Gasteiger partial charge on any atom is 0.184 e. The molecule has 0 saturated carbocycles. The minimum atomic E-state index is -1.33. The van der Waals surface area contributed by atoms with E-state index < -0.39 is 37.3 Å². The fourth-order valence-electron chi connectivity index (χ4n) is 1.51. The minimum Gasteiger partial charge on any atom is -0.394 e. The van der Waals surface area contributed by atoms with Crippen molar-refractivity contribution in [1.82, 2.24) is 0 Å². The summed E-state index contributed by atoms with van der Waals surface area (Å²) in [4.78, 5) is 0. The number of hydrogen-bond acceptors (Lipinski definition) is 6. The Balaban J connectivity index is 2.58. The molecule has 1 heterocycles. The molecule has 1 fully saturated rings. The molecule has 0 radical (unpaired) electrons. The number of rotatable bonds is 4. The van der Waals surface area contributed by atoms with Crippen LogP contribution >= 0.6 is 0 Å². The molecule has 90 valence electrons. The predicted octanol–water partition coefficient (Wildman–Crippen LogP) is -1.79. The van der Waals surface area contributed by atoms with Crippen LogP contribution in [0.25, 0.3) is 0 Å². The van der Waals surface area contributed by atoms with Gasteiger partial charge in [-0.2, -0.15) is 0 Å². The van der Waals surface area contributed by atoms with Crippen LogP contribution in [0.15, 0.2) is 0 Å². The molecule has 6 heteroatoms. The summed E-state index contributed by atoms with van der Waals surface area (Å²) in [5, 5.41) is 37.4. The van der Waals surface area contributed by atoms with Gasteiger partial charge >= 0.3 is 0 Å². The van der Waals surface area contributed by atoms with Crippen molar-refractivity contribution in [2.75, 3.05) is 13.2 Å². The lowest BCUT2D eigenvalue weighted by Gasteiger charge is -2.39. The monoisotopic (exact) mass is 222 g/mol. The molecule has 15 heavy (non-hydrogen) atoms. The second kappa shape index (κ2) is 5.74. The van der Waals surface area contributed by atoms with E-state index in [1.54, 1.807) is 0 Å². The third-order valence-electron chi connectivity index (χ3n) is 2.36. The van der Waals surface area contributed by atoms with Crippen LogP contribution < -0.4 is 0 Å². The van der Waals surface area contributed by atoms with Gasteiger partial charge in [-0.15, -0.1) is 0 Å². The summed E-state index contributed by atoms with van der Waals surface area (Å²) in [6.07, 6.45) is -5.04. The molecular weight excluding hydrogens is 204 g/mol. The third-order valence-corrected chi connectivity index (χ3v) is 2.36. The first kappa shape index (κ1) is 12.8. The average Bonchev–Trinajstić information content (AvgIpc) is 2.23. The van der Waals surface area contributed by atoms with Gasteiger partial charge in [0.05, 0.1) is 6.61 Å². The summed E-state index contributed by atoms with van der Waals surface area (Å²) >= 11 is 0. The van der Waals surface area contributed by atoms with E-state index in [-0.39, 0.29) is 0 Å². The largest absolute Gasteiger partial charge is 0.394 e. The SMILES string of the molecule is CCCO[C@@H]1[C@@H](O)[C@H](O)[C@@H](CO)O[C@H]1O. The van der Waals surface area contributed by atoms with Crippen molar-refractivity contribution >= 4 is 0 Å². The molecule has 0 aromatic heterocycles. The maximum absolute atomic E-state index is 9.61. The van der Waals surface area contributed by atoms with Crippen molar-refractivity contribution in [2.24, 2.45) is 0 Å². The predicted molar refractivity (Wildman–Crippen MR) is 50.0 cm³/mol. The Morgan fingerprint density at radius 2 is 1.87 bits per heavy atom. The Morgan fingerprint density at radius 1 is 1.20 bits per heavy atom. The Kier molecular flexibility index (Phi) is 4.91. The molecule has 0 unspecified atom stereocenters. The highest BCUT2D eigenvalue weighted by atomic mass is 16.7. The van der Waals surface area contributed by atoms with Gasteiger partial charge in [0.2, 0.25) is 0 Å². The van der Waals surface area contributed by atoms with Gasteiger partial charge < -0.3 is 29.9 Å². The van der Waals surface area contributed by atoms with Crippen LogP contribution in [-0.4, -0.2) is 64.3 Å². The van der Waals surface area contributed by atoms with E-state index in [1.165, 1.54) is 0 Å². The fourth-order valence-corrected chi connectivity index (χ4v) is 1.51. The van der Waals surface area contributed by atoms with E-state index in [0.717, 1.165) is 6.42 Å². The molecule has 0 aliphatic carbocycles. The zero-order chi connectivity index (χ0) is 11.4. The van der Waals surface area contributed by atoms with Crippen LogP contribution in [0.4, 0.5) is 0 Å². The van der Waals surface area contributed by atoms with Crippen molar-refractivity contribution < 1.29 is 29.9 Å². The second-order valence-electron chi connectivity index (χ2n) is 3.56. The van der Waals surface area contributed by atoms with Crippen molar-refractivity contribution in [3.05, 3.63) is 0 Å². The molecule has 0 aromatic carbocycles. The first-order valence-corrected chi connectivity index (χ1v) is 5.04. The Hall–Kier alpha value is -0.240. The number of aliphatic hydroxyl groups excluding tert-OH is 4. The molecule has 4 N–H and O–H groups in total. The Morgan fingerprint density at radius 3 is 2.40 bits per heavy atom. The maximum atomic E-state index is 9.61. The Labute approximate surface area is 88.1 Å². The highest BCUT2D eigenvalue weighted by molar-refractivity contribution is 4.89. The van der Waals surface area contributed by atoms with Gasteiger partial charge in [0.1, 0.15) is 24.4 Å². The lowest BCUT2D eigenvalue weighted by Crippen LogP contribution is -2.59. The first-order chi connectivity index (χ1) is 7.11. The second-order valence-corrected chi connectivity index (χ2v) is 3.56.